The van der Waals surface area contributed by atoms with Crippen molar-refractivity contribution in [3.05, 3.63) is 40.6 Å². The minimum absolute atomic E-state index is 0.159. The van der Waals surface area contributed by atoms with Gasteiger partial charge in [-0.1, -0.05) is 0 Å². The molecule has 0 atom stereocenters. The number of nitrogens with zero attached hydrogens (tertiary/aromatic N) is 2. The van der Waals surface area contributed by atoms with Crippen LogP contribution >= 0.6 is 11.3 Å². The monoisotopic (exact) mass is 262 g/mol. The van der Waals surface area contributed by atoms with Crippen LogP contribution in [0.15, 0.2) is 29.2 Å². The maximum Gasteiger partial charge on any atom is 0.269 e. The highest BCUT2D eigenvalue weighted by Crippen LogP contribution is 2.05. The summed E-state index contributed by atoms with van der Waals surface area (Å²) in [6.07, 6.45) is 2.37. The molecule has 2 aromatic rings. The van der Waals surface area contributed by atoms with Crippen molar-refractivity contribution in [3.63, 3.8) is 0 Å². The van der Waals surface area contributed by atoms with Gasteiger partial charge in [0.25, 0.3) is 5.91 Å². The number of carbonyl (C=O) groups is 1. The van der Waals surface area contributed by atoms with Gasteiger partial charge < -0.3 is 10.6 Å². The molecular formula is C12H14N4OS. The SMILES string of the molecule is CNc1ccc(C(=O)NCCc2cscn2)nc1. The zero-order chi connectivity index (χ0) is 12.8. The lowest BCUT2D eigenvalue weighted by atomic mass is 10.3. The third-order valence-electron chi connectivity index (χ3n) is 2.43. The molecule has 0 saturated heterocycles. The van der Waals surface area contributed by atoms with Gasteiger partial charge in [-0.2, -0.15) is 0 Å². The first kappa shape index (κ1) is 12.5. The fourth-order valence-electron chi connectivity index (χ4n) is 1.43. The first-order valence-corrected chi connectivity index (χ1v) is 6.53. The quantitative estimate of drug-likeness (QED) is 0.858. The van der Waals surface area contributed by atoms with Gasteiger partial charge in [-0.3, -0.25) is 4.79 Å². The van der Waals surface area contributed by atoms with Crippen LogP contribution in [0.25, 0.3) is 0 Å². The summed E-state index contributed by atoms with van der Waals surface area (Å²) in [6, 6.07) is 3.52. The van der Waals surface area contributed by atoms with Crippen molar-refractivity contribution in [2.75, 3.05) is 18.9 Å². The summed E-state index contributed by atoms with van der Waals surface area (Å²) in [5.74, 6) is -0.159. The number of pyridine rings is 1. The number of carbonyl (C=O) groups excluding carboxylic acids is 1. The first-order valence-electron chi connectivity index (χ1n) is 5.58. The number of amides is 1. The van der Waals surface area contributed by atoms with E-state index in [-0.39, 0.29) is 5.91 Å². The highest BCUT2D eigenvalue weighted by molar-refractivity contribution is 7.07. The average Bonchev–Trinajstić information content (AvgIpc) is 2.92. The van der Waals surface area contributed by atoms with E-state index in [1.807, 2.05) is 18.5 Å². The molecule has 6 heteroatoms. The Hall–Kier alpha value is -1.95. The Kier molecular flexibility index (Phi) is 4.25. The number of hydrogen-bond acceptors (Lipinski definition) is 5. The molecule has 0 radical (unpaired) electrons. The van der Waals surface area contributed by atoms with Crippen molar-refractivity contribution in [2.45, 2.75) is 6.42 Å². The summed E-state index contributed by atoms with van der Waals surface area (Å²) in [5.41, 5.74) is 4.09. The third kappa shape index (κ3) is 3.27. The van der Waals surface area contributed by atoms with Crippen LogP contribution in [0.5, 0.6) is 0 Å². The van der Waals surface area contributed by atoms with Crippen LogP contribution in [0.1, 0.15) is 16.2 Å². The van der Waals surface area contributed by atoms with Gasteiger partial charge in [0.15, 0.2) is 0 Å². The van der Waals surface area contributed by atoms with Crippen LogP contribution in [-0.4, -0.2) is 29.5 Å². The van der Waals surface area contributed by atoms with Crippen molar-refractivity contribution in [2.24, 2.45) is 0 Å². The lowest BCUT2D eigenvalue weighted by molar-refractivity contribution is 0.0949. The van der Waals surface area contributed by atoms with E-state index < -0.39 is 0 Å². The molecule has 0 aromatic carbocycles. The van der Waals surface area contributed by atoms with Crippen molar-refractivity contribution in [3.8, 4) is 0 Å². The molecule has 0 aliphatic carbocycles. The molecule has 0 unspecified atom stereocenters. The van der Waals surface area contributed by atoms with Gasteiger partial charge in [-0.15, -0.1) is 11.3 Å². The molecule has 0 aliphatic rings. The minimum Gasteiger partial charge on any atom is -0.387 e. The van der Waals surface area contributed by atoms with Crippen LogP contribution in [0.2, 0.25) is 0 Å². The van der Waals surface area contributed by atoms with Crippen LogP contribution in [0, 0.1) is 0 Å². The zero-order valence-corrected chi connectivity index (χ0v) is 10.8. The molecule has 0 fully saturated rings. The van der Waals surface area contributed by atoms with Crippen molar-refractivity contribution < 1.29 is 4.79 Å². The molecule has 94 valence electrons. The van der Waals surface area contributed by atoms with E-state index in [1.165, 1.54) is 0 Å². The van der Waals surface area contributed by atoms with E-state index in [4.69, 9.17) is 0 Å². The highest BCUT2D eigenvalue weighted by Gasteiger charge is 2.06. The molecule has 2 N–H and O–H groups in total. The van der Waals surface area contributed by atoms with Gasteiger partial charge in [0.1, 0.15) is 5.69 Å². The van der Waals surface area contributed by atoms with Gasteiger partial charge in [0.05, 0.1) is 23.1 Å². The molecule has 0 aliphatic heterocycles. The summed E-state index contributed by atoms with van der Waals surface area (Å²) in [7, 11) is 1.81. The number of thiazole rings is 1. The predicted octanol–water partition coefficient (Wildman–Crippen LogP) is 1.55. The molecule has 1 amide bonds. The number of rotatable bonds is 5. The Labute approximate surface area is 109 Å². The lowest BCUT2D eigenvalue weighted by Gasteiger charge is -2.04. The third-order valence-corrected chi connectivity index (χ3v) is 3.07. The van der Waals surface area contributed by atoms with Gasteiger partial charge >= 0.3 is 0 Å². The second-order valence-electron chi connectivity index (χ2n) is 3.67. The Morgan fingerprint density at radius 3 is 2.89 bits per heavy atom. The summed E-state index contributed by atoms with van der Waals surface area (Å²) in [4.78, 5) is 20.0. The lowest BCUT2D eigenvalue weighted by Crippen LogP contribution is -2.26. The van der Waals surface area contributed by atoms with Crippen molar-refractivity contribution in [1.29, 1.82) is 0 Å². The molecular weight excluding hydrogens is 248 g/mol. The standard InChI is InChI=1S/C12H14N4OS/c1-13-9-2-3-11(15-6-9)12(17)14-5-4-10-7-18-8-16-10/h2-3,6-8,13H,4-5H2,1H3,(H,14,17). The summed E-state index contributed by atoms with van der Waals surface area (Å²) < 4.78 is 0. The van der Waals surface area contributed by atoms with E-state index in [0.29, 0.717) is 12.2 Å². The summed E-state index contributed by atoms with van der Waals surface area (Å²) >= 11 is 1.56. The topological polar surface area (TPSA) is 66.9 Å². The van der Waals surface area contributed by atoms with Crippen molar-refractivity contribution in [1.82, 2.24) is 15.3 Å². The van der Waals surface area contributed by atoms with Crippen LogP contribution in [-0.2, 0) is 6.42 Å². The second-order valence-corrected chi connectivity index (χ2v) is 4.39. The average molecular weight is 262 g/mol. The van der Waals surface area contributed by atoms with Crippen LogP contribution in [0.3, 0.4) is 0 Å². The van der Waals surface area contributed by atoms with Crippen LogP contribution < -0.4 is 10.6 Å². The van der Waals surface area contributed by atoms with Crippen LogP contribution in [0.4, 0.5) is 5.69 Å². The predicted molar refractivity (Wildman–Crippen MR) is 71.9 cm³/mol. The Morgan fingerprint density at radius 1 is 1.39 bits per heavy atom. The molecule has 2 aromatic heterocycles. The van der Waals surface area contributed by atoms with Gasteiger partial charge in [0.2, 0.25) is 0 Å². The molecule has 2 rings (SSSR count). The highest BCUT2D eigenvalue weighted by atomic mass is 32.1. The molecule has 0 saturated carbocycles. The molecule has 5 nitrogen and oxygen atoms in total. The van der Waals surface area contributed by atoms with Gasteiger partial charge in [0, 0.05) is 25.4 Å². The van der Waals surface area contributed by atoms with Crippen molar-refractivity contribution >= 4 is 22.9 Å². The fourth-order valence-corrected chi connectivity index (χ4v) is 2.02. The second kappa shape index (κ2) is 6.11. The molecule has 0 spiro atoms. The fraction of sp³-hybridized carbons (Fsp3) is 0.250. The zero-order valence-electron chi connectivity index (χ0n) is 10.0. The first-order chi connectivity index (χ1) is 8.79. The van der Waals surface area contributed by atoms with E-state index in [2.05, 4.69) is 20.6 Å². The maximum atomic E-state index is 11.8. The normalized spacial score (nSPS) is 10.1. The largest absolute Gasteiger partial charge is 0.387 e. The maximum absolute atomic E-state index is 11.8. The van der Waals surface area contributed by atoms with E-state index >= 15 is 0 Å². The van der Waals surface area contributed by atoms with E-state index in [0.717, 1.165) is 17.8 Å². The van der Waals surface area contributed by atoms with Gasteiger partial charge in [-0.25, -0.2) is 9.97 Å². The smallest absolute Gasteiger partial charge is 0.269 e. The van der Waals surface area contributed by atoms with Gasteiger partial charge in [-0.05, 0) is 12.1 Å². The number of aromatic nitrogens is 2. The number of hydrogen-bond donors (Lipinski definition) is 2. The van der Waals surface area contributed by atoms with E-state index in [9.17, 15) is 4.79 Å². The molecule has 0 bridgehead atoms. The Balaban J connectivity index is 1.83. The summed E-state index contributed by atoms with van der Waals surface area (Å²) in [6.45, 7) is 0.567. The van der Waals surface area contributed by atoms with E-state index in [1.54, 1.807) is 29.1 Å². The molecule has 2 heterocycles. The Bertz CT molecular complexity index is 495. The summed E-state index contributed by atoms with van der Waals surface area (Å²) in [5, 5.41) is 7.75. The number of nitrogens with one attached hydrogen (secondary N) is 2. The number of anilines is 1. The minimum atomic E-state index is -0.159. The molecule has 18 heavy (non-hydrogen) atoms. The Morgan fingerprint density at radius 2 is 2.28 bits per heavy atom.